The quantitative estimate of drug-likeness (QED) is 0.0410. The SMILES string of the molecule is C=C1N[C@H]2[C@H](CO[Si](c3ccccc3)(c3ccccc3)C(C)(C)C)N=C(NC(=O)C(Cl)(Cl)Cl)N3[C@@H](CCC)C=C[C@]23N1.C=CC[C@H]1C=C[C@]23NC(=C)N[C@H]2[C@H](CO[Si](c2ccccc2)(c2ccccc2)C(C)(C)C)N=C(NC(=O)C(Cl)(Cl)Cl)N13. The molecular weight excluding hydrogens is 1220 g/mol. The van der Waals surface area contributed by atoms with E-state index in [-0.39, 0.29) is 47.5 Å². The molecular formula is C62H74Cl6N10O4Si2. The highest BCUT2D eigenvalue weighted by molar-refractivity contribution is 7.00. The van der Waals surface area contributed by atoms with E-state index < -0.39 is 59.4 Å². The fraction of sp³-hybridized carbons (Fsp3) is 0.387. The first kappa shape index (κ1) is 63.3. The lowest BCUT2D eigenvalue weighted by atomic mass is 9.93. The van der Waals surface area contributed by atoms with Crippen LogP contribution in [-0.2, 0) is 18.4 Å². The van der Waals surface area contributed by atoms with E-state index in [9.17, 15) is 9.59 Å². The van der Waals surface area contributed by atoms with Crippen molar-refractivity contribution in [2.75, 3.05) is 13.2 Å². The Bertz CT molecular complexity index is 3130. The molecule has 8 atom stereocenters. The van der Waals surface area contributed by atoms with Crippen LogP contribution in [0.1, 0.15) is 67.7 Å². The molecule has 0 bridgehead atoms. The minimum absolute atomic E-state index is 0.0225. The molecule has 6 aliphatic heterocycles. The number of nitrogens with zero attached hydrogens (tertiary/aromatic N) is 4. The molecule has 2 fully saturated rings. The van der Waals surface area contributed by atoms with Gasteiger partial charge in [0.1, 0.15) is 12.1 Å². The maximum Gasteiger partial charge on any atom is 0.278 e. The van der Waals surface area contributed by atoms with E-state index in [1.807, 2.05) is 35.2 Å². The number of alkyl halides is 6. The van der Waals surface area contributed by atoms with Crippen molar-refractivity contribution in [3.8, 4) is 0 Å². The van der Waals surface area contributed by atoms with Gasteiger partial charge < -0.3 is 39.9 Å². The zero-order valence-electron chi connectivity index (χ0n) is 48.2. The minimum Gasteiger partial charge on any atom is -0.405 e. The first-order chi connectivity index (χ1) is 39.7. The lowest BCUT2D eigenvalue weighted by Gasteiger charge is -2.49. The van der Waals surface area contributed by atoms with Crippen LogP contribution in [0.15, 0.2) is 193 Å². The van der Waals surface area contributed by atoms with Gasteiger partial charge >= 0.3 is 0 Å². The van der Waals surface area contributed by atoms with Crippen molar-refractivity contribution in [1.29, 1.82) is 0 Å². The van der Waals surface area contributed by atoms with Crippen LogP contribution in [0.25, 0.3) is 0 Å². The average molecular weight is 1290 g/mol. The Morgan fingerprint density at radius 2 is 0.929 bits per heavy atom. The van der Waals surface area contributed by atoms with Gasteiger partial charge in [0.25, 0.3) is 36.0 Å². The number of nitrogens with one attached hydrogen (secondary N) is 6. The normalized spacial score (nSPS) is 25.2. The summed E-state index contributed by atoms with van der Waals surface area (Å²) in [7, 11) is -5.74. The highest BCUT2D eigenvalue weighted by Crippen LogP contribution is 2.44. The number of carbonyl (C=O) groups excluding carboxylic acids is 2. The molecule has 446 valence electrons. The highest BCUT2D eigenvalue weighted by atomic mass is 35.6. The van der Waals surface area contributed by atoms with Crippen LogP contribution in [0.3, 0.4) is 0 Å². The van der Waals surface area contributed by atoms with Crippen LogP contribution in [0.5, 0.6) is 0 Å². The van der Waals surface area contributed by atoms with Crippen LogP contribution in [0, 0.1) is 0 Å². The molecule has 0 radical (unpaired) electrons. The van der Waals surface area contributed by atoms with Gasteiger partial charge in [-0.1, -0.05) is 277 Å². The zero-order chi connectivity index (χ0) is 60.7. The number of carbonyl (C=O) groups is 2. The maximum absolute atomic E-state index is 13.0. The molecule has 0 aromatic heterocycles. The Kier molecular flexibility index (Phi) is 18.4. The molecule has 2 spiro atoms. The molecule has 0 saturated carbocycles. The van der Waals surface area contributed by atoms with E-state index in [1.165, 1.54) is 20.7 Å². The number of benzene rings is 4. The largest absolute Gasteiger partial charge is 0.405 e. The summed E-state index contributed by atoms with van der Waals surface area (Å²) in [6.07, 6.45) is 12.7. The van der Waals surface area contributed by atoms with Crippen LogP contribution in [0.4, 0.5) is 0 Å². The van der Waals surface area contributed by atoms with Gasteiger partial charge in [-0.05, 0) is 55.8 Å². The number of guanidine groups is 2. The van der Waals surface area contributed by atoms with Crippen LogP contribution in [-0.4, -0.2) is 119 Å². The lowest BCUT2D eigenvalue weighted by molar-refractivity contribution is -0.120. The second-order valence-electron chi connectivity index (χ2n) is 23.9. The third kappa shape index (κ3) is 11.9. The lowest BCUT2D eigenvalue weighted by Crippen LogP contribution is -2.72. The number of aliphatic imine (C=N–C) groups is 2. The first-order valence-corrected chi connectivity index (χ1v) is 34.2. The van der Waals surface area contributed by atoms with Gasteiger partial charge in [-0.3, -0.25) is 20.2 Å². The summed E-state index contributed by atoms with van der Waals surface area (Å²) < 4.78 is 10.2. The summed E-state index contributed by atoms with van der Waals surface area (Å²) in [5, 5.41) is 23.9. The van der Waals surface area contributed by atoms with E-state index in [1.54, 1.807) is 0 Å². The molecule has 4 aromatic rings. The molecule has 0 unspecified atom stereocenters. The van der Waals surface area contributed by atoms with E-state index in [2.05, 4.69) is 226 Å². The number of hydrogen-bond acceptors (Lipinski definition) is 12. The van der Waals surface area contributed by atoms with Crippen LogP contribution < -0.4 is 52.6 Å². The van der Waals surface area contributed by atoms with Crippen molar-refractivity contribution in [3.05, 3.63) is 183 Å². The summed E-state index contributed by atoms with van der Waals surface area (Å²) in [4.78, 5) is 40.1. The van der Waals surface area contributed by atoms with Gasteiger partial charge in [-0.25, -0.2) is 9.98 Å². The van der Waals surface area contributed by atoms with Crippen molar-refractivity contribution < 1.29 is 18.4 Å². The fourth-order valence-corrected chi connectivity index (χ4v) is 22.5. The van der Waals surface area contributed by atoms with E-state index in [4.69, 9.17) is 88.4 Å². The minimum atomic E-state index is -2.88. The summed E-state index contributed by atoms with van der Waals surface area (Å²) >= 11 is 35.9. The van der Waals surface area contributed by atoms with Gasteiger partial charge in [0.05, 0.1) is 49.0 Å². The number of halogens is 6. The van der Waals surface area contributed by atoms with Gasteiger partial charge in [0, 0.05) is 0 Å². The van der Waals surface area contributed by atoms with Gasteiger partial charge in [-0.2, -0.15) is 0 Å². The van der Waals surface area contributed by atoms with E-state index >= 15 is 0 Å². The molecule has 22 heteroatoms. The molecule has 4 aromatic carbocycles. The summed E-state index contributed by atoms with van der Waals surface area (Å²) in [6, 6.07) is 40.3. The number of hydrogen-bond donors (Lipinski definition) is 6. The number of amides is 2. The van der Waals surface area contributed by atoms with Gasteiger partial charge in [-0.15, -0.1) is 6.58 Å². The Balaban J connectivity index is 0.000000202. The standard InChI is InChI=1S/C31H38Cl3N5O2Si.C31H36Cl3N5O2Si/c2*1-6-13-22-18-19-30-26(35-21(2)38-30)25(36-28(39(22)30)37-27(40)31(32,33)34)20-41-42(29(3,4)5,23-14-9-7-10-15-23)24-16-11-8-12-17-24/h7-12,14-19,22,25-26,35,38H,2,6,13,20H2,1,3-5H3,(H,36,37,40);6-12,14-19,22,25-26,35,38H,1-2,13,20H2,3-5H3,(H,36,37,40)/t2*22-,25-,26-,30+/m00/s1. The molecule has 6 N–H and O–H groups in total. The zero-order valence-corrected chi connectivity index (χ0v) is 54.8. The third-order valence-electron chi connectivity index (χ3n) is 16.5. The van der Waals surface area contributed by atoms with Crippen LogP contribution in [0.2, 0.25) is 10.1 Å². The summed E-state index contributed by atoms with van der Waals surface area (Å²) in [5.74, 6) is 0.393. The summed E-state index contributed by atoms with van der Waals surface area (Å²) in [5.41, 5.74) is -1.50. The Morgan fingerprint density at radius 3 is 1.24 bits per heavy atom. The third-order valence-corrected chi connectivity index (χ3v) is 27.5. The molecule has 14 nitrogen and oxygen atoms in total. The smallest absolute Gasteiger partial charge is 0.278 e. The average Bonchev–Trinajstić information content (AvgIpc) is 1.61. The predicted octanol–water partition coefficient (Wildman–Crippen LogP) is 8.89. The Morgan fingerprint density at radius 1 is 0.595 bits per heavy atom. The molecule has 10 rings (SSSR count). The van der Waals surface area contributed by atoms with Crippen LogP contribution >= 0.6 is 69.6 Å². The number of rotatable bonds is 14. The predicted molar refractivity (Wildman–Crippen MR) is 350 cm³/mol. The molecule has 2 saturated heterocycles. The van der Waals surface area contributed by atoms with Crippen molar-refractivity contribution in [1.82, 2.24) is 41.7 Å². The first-order valence-electron chi connectivity index (χ1n) is 28.1. The molecule has 6 aliphatic rings. The van der Waals surface area contributed by atoms with Crippen molar-refractivity contribution in [2.24, 2.45) is 9.98 Å². The second kappa shape index (κ2) is 24.5. The van der Waals surface area contributed by atoms with Crippen molar-refractivity contribution in [2.45, 2.75) is 133 Å². The topological polar surface area (TPSA) is 156 Å². The summed E-state index contributed by atoms with van der Waals surface area (Å²) in [6.45, 7) is 28.4. The van der Waals surface area contributed by atoms with Gasteiger partial charge in [0.2, 0.25) is 11.9 Å². The Hall–Kier alpha value is -5.25. The monoisotopic (exact) mass is 1290 g/mol. The van der Waals surface area contributed by atoms with Crippen molar-refractivity contribution >= 4 is 131 Å². The highest BCUT2D eigenvalue weighted by Gasteiger charge is 2.62. The van der Waals surface area contributed by atoms with E-state index in [0.717, 1.165) is 12.8 Å². The molecule has 6 heterocycles. The van der Waals surface area contributed by atoms with E-state index in [0.29, 0.717) is 30.0 Å². The Labute approximate surface area is 526 Å². The van der Waals surface area contributed by atoms with Crippen molar-refractivity contribution in [3.63, 3.8) is 0 Å². The molecule has 2 amide bonds. The molecule has 84 heavy (non-hydrogen) atoms. The fourth-order valence-electron chi connectivity index (χ4n) is 13.1. The maximum atomic E-state index is 13.0. The second-order valence-corrected chi connectivity index (χ2v) is 37.1. The molecule has 0 aliphatic carbocycles. The van der Waals surface area contributed by atoms with Gasteiger partial charge in [0.15, 0.2) is 11.3 Å².